The van der Waals surface area contributed by atoms with Crippen LogP contribution < -0.4 is 10.6 Å². The third-order valence-corrected chi connectivity index (χ3v) is 2.29. The quantitative estimate of drug-likeness (QED) is 0.651. The number of nitrogens with one attached hydrogen (secondary N) is 2. The van der Waals surface area contributed by atoms with Gasteiger partial charge in [0.05, 0.1) is 5.56 Å². The summed E-state index contributed by atoms with van der Waals surface area (Å²) in [5, 5.41) is 14.1. The summed E-state index contributed by atoms with van der Waals surface area (Å²) in [6.07, 6.45) is 0.497. The lowest BCUT2D eigenvalue weighted by atomic mass is 10.1. The minimum Gasteiger partial charge on any atom is -0.481 e. The summed E-state index contributed by atoms with van der Waals surface area (Å²) in [7, 11) is 1.75. The van der Waals surface area contributed by atoms with Crippen molar-refractivity contribution in [1.29, 1.82) is 0 Å². The Kier molecular flexibility index (Phi) is 5.00. The highest BCUT2D eigenvalue weighted by atomic mass is 16.4. The van der Waals surface area contributed by atoms with Crippen LogP contribution in [0.5, 0.6) is 0 Å². The summed E-state index contributed by atoms with van der Waals surface area (Å²) in [6.45, 7) is 0.364. The molecule has 92 valence electrons. The van der Waals surface area contributed by atoms with E-state index in [1.807, 2.05) is 12.1 Å². The summed E-state index contributed by atoms with van der Waals surface area (Å²) < 4.78 is 0. The van der Waals surface area contributed by atoms with Crippen molar-refractivity contribution in [3.05, 3.63) is 29.8 Å². The van der Waals surface area contributed by atoms with Crippen molar-refractivity contribution < 1.29 is 14.7 Å². The van der Waals surface area contributed by atoms with E-state index in [1.54, 1.807) is 19.2 Å². The van der Waals surface area contributed by atoms with Gasteiger partial charge in [0.15, 0.2) is 0 Å². The van der Waals surface area contributed by atoms with Crippen molar-refractivity contribution in [1.82, 2.24) is 5.32 Å². The van der Waals surface area contributed by atoms with Crippen molar-refractivity contribution in [3.8, 4) is 0 Å². The zero-order chi connectivity index (χ0) is 12.7. The van der Waals surface area contributed by atoms with Crippen LogP contribution in [0.2, 0.25) is 0 Å². The molecule has 1 amide bonds. The molecule has 0 saturated carbocycles. The first-order valence-corrected chi connectivity index (χ1v) is 5.42. The number of hydrogen-bond acceptors (Lipinski definition) is 3. The van der Waals surface area contributed by atoms with Gasteiger partial charge in [0.1, 0.15) is 0 Å². The van der Waals surface area contributed by atoms with Crippen LogP contribution in [-0.4, -0.2) is 30.6 Å². The lowest BCUT2D eigenvalue weighted by molar-refractivity contribution is -0.137. The fraction of sp³-hybridized carbons (Fsp3) is 0.333. The van der Waals surface area contributed by atoms with E-state index in [4.69, 9.17) is 5.11 Å². The molecule has 3 N–H and O–H groups in total. The van der Waals surface area contributed by atoms with Gasteiger partial charge in [-0.1, -0.05) is 12.1 Å². The average molecular weight is 236 g/mol. The predicted octanol–water partition coefficient (Wildman–Crippen LogP) is 1.32. The first-order chi connectivity index (χ1) is 8.15. The highest BCUT2D eigenvalue weighted by Crippen LogP contribution is 2.13. The molecule has 0 unspecified atom stereocenters. The van der Waals surface area contributed by atoms with Crippen LogP contribution in [0, 0.1) is 0 Å². The van der Waals surface area contributed by atoms with Crippen LogP contribution in [0.25, 0.3) is 0 Å². The molecule has 1 aromatic rings. The number of amides is 1. The number of carboxylic acids is 1. The molecule has 5 nitrogen and oxygen atoms in total. The minimum atomic E-state index is -0.852. The minimum absolute atomic E-state index is 0.0634. The van der Waals surface area contributed by atoms with E-state index in [2.05, 4.69) is 10.6 Å². The second-order valence-electron chi connectivity index (χ2n) is 3.55. The van der Waals surface area contributed by atoms with Gasteiger partial charge in [-0.25, -0.2) is 0 Å². The van der Waals surface area contributed by atoms with Gasteiger partial charge in [0.2, 0.25) is 0 Å². The van der Waals surface area contributed by atoms with E-state index in [-0.39, 0.29) is 12.3 Å². The van der Waals surface area contributed by atoms with E-state index < -0.39 is 5.97 Å². The molecule has 0 aliphatic carbocycles. The number of para-hydroxylation sites is 1. The van der Waals surface area contributed by atoms with Gasteiger partial charge in [0, 0.05) is 25.7 Å². The number of carbonyl (C=O) groups is 2. The molecular formula is C12H16N2O3. The van der Waals surface area contributed by atoms with Crippen LogP contribution >= 0.6 is 0 Å². The van der Waals surface area contributed by atoms with Gasteiger partial charge in [-0.2, -0.15) is 0 Å². The highest BCUT2D eigenvalue weighted by molar-refractivity contribution is 5.99. The Morgan fingerprint density at radius 1 is 1.29 bits per heavy atom. The number of carbonyl (C=O) groups excluding carboxylic acids is 1. The maximum absolute atomic E-state index is 11.8. The van der Waals surface area contributed by atoms with Crippen molar-refractivity contribution in [2.75, 3.05) is 18.9 Å². The van der Waals surface area contributed by atoms with Gasteiger partial charge in [-0.15, -0.1) is 0 Å². The Morgan fingerprint density at radius 2 is 2.00 bits per heavy atom. The lowest BCUT2D eigenvalue weighted by Gasteiger charge is -2.08. The third-order valence-electron chi connectivity index (χ3n) is 2.29. The van der Waals surface area contributed by atoms with Gasteiger partial charge >= 0.3 is 5.97 Å². The van der Waals surface area contributed by atoms with E-state index in [0.717, 1.165) is 5.69 Å². The van der Waals surface area contributed by atoms with E-state index in [0.29, 0.717) is 18.5 Å². The number of hydrogen-bond donors (Lipinski definition) is 3. The fourth-order valence-corrected chi connectivity index (χ4v) is 1.44. The maximum atomic E-state index is 11.8. The normalized spacial score (nSPS) is 9.71. The molecule has 0 aliphatic heterocycles. The van der Waals surface area contributed by atoms with Crippen LogP contribution in [0.15, 0.2) is 24.3 Å². The first-order valence-electron chi connectivity index (χ1n) is 5.42. The topological polar surface area (TPSA) is 78.4 Å². The lowest BCUT2D eigenvalue weighted by Crippen LogP contribution is -2.25. The molecule has 0 bridgehead atoms. The standard InChI is InChI=1S/C12H16N2O3/c1-13-10-6-3-2-5-9(10)12(17)14-8-4-7-11(15)16/h2-3,5-6,13H,4,7-8H2,1H3,(H,14,17)(H,15,16). The number of carboxylic acid groups (broad SMARTS) is 1. The number of anilines is 1. The summed E-state index contributed by atoms with van der Waals surface area (Å²) >= 11 is 0. The van der Waals surface area contributed by atoms with Crippen LogP contribution in [-0.2, 0) is 4.79 Å². The molecule has 0 heterocycles. The Labute approximate surface area is 99.8 Å². The summed E-state index contributed by atoms with van der Waals surface area (Å²) in [5.74, 6) is -1.05. The third kappa shape index (κ3) is 4.14. The van der Waals surface area contributed by atoms with Crippen molar-refractivity contribution in [2.24, 2.45) is 0 Å². The summed E-state index contributed by atoms with van der Waals surface area (Å²) in [4.78, 5) is 22.1. The number of benzene rings is 1. The zero-order valence-electron chi connectivity index (χ0n) is 9.69. The highest BCUT2D eigenvalue weighted by Gasteiger charge is 2.09. The fourth-order valence-electron chi connectivity index (χ4n) is 1.44. The molecule has 0 aliphatic rings. The van der Waals surface area contributed by atoms with Gasteiger partial charge in [-0.3, -0.25) is 9.59 Å². The van der Waals surface area contributed by atoms with E-state index in [1.165, 1.54) is 0 Å². The molecule has 0 fully saturated rings. The van der Waals surface area contributed by atoms with Crippen molar-refractivity contribution in [3.63, 3.8) is 0 Å². The molecule has 1 aromatic carbocycles. The Bertz CT molecular complexity index is 404. The molecule has 0 atom stereocenters. The van der Waals surface area contributed by atoms with Crippen LogP contribution in [0.1, 0.15) is 23.2 Å². The molecular weight excluding hydrogens is 220 g/mol. The second kappa shape index (κ2) is 6.52. The SMILES string of the molecule is CNc1ccccc1C(=O)NCCCC(=O)O. The van der Waals surface area contributed by atoms with Crippen molar-refractivity contribution >= 4 is 17.6 Å². The largest absolute Gasteiger partial charge is 0.481 e. The molecule has 1 rings (SSSR count). The summed E-state index contributed by atoms with van der Waals surface area (Å²) in [6, 6.07) is 7.16. The second-order valence-corrected chi connectivity index (χ2v) is 3.55. The molecule has 0 spiro atoms. The summed E-state index contributed by atoms with van der Waals surface area (Å²) in [5.41, 5.74) is 1.31. The molecule has 0 saturated heterocycles. The van der Waals surface area contributed by atoms with E-state index >= 15 is 0 Å². The monoisotopic (exact) mass is 236 g/mol. The molecule has 17 heavy (non-hydrogen) atoms. The smallest absolute Gasteiger partial charge is 0.303 e. The van der Waals surface area contributed by atoms with Gasteiger partial charge in [0.25, 0.3) is 5.91 Å². The Hall–Kier alpha value is -2.04. The molecule has 0 aromatic heterocycles. The van der Waals surface area contributed by atoms with Gasteiger partial charge < -0.3 is 15.7 Å². The first kappa shape index (κ1) is 13.0. The van der Waals surface area contributed by atoms with Crippen LogP contribution in [0.3, 0.4) is 0 Å². The Morgan fingerprint density at radius 3 is 2.65 bits per heavy atom. The van der Waals surface area contributed by atoms with Gasteiger partial charge in [-0.05, 0) is 18.6 Å². The van der Waals surface area contributed by atoms with Crippen molar-refractivity contribution in [2.45, 2.75) is 12.8 Å². The number of rotatable bonds is 6. The maximum Gasteiger partial charge on any atom is 0.303 e. The average Bonchev–Trinajstić information content (AvgIpc) is 2.34. The Balaban J connectivity index is 2.49. The van der Waals surface area contributed by atoms with Crippen LogP contribution in [0.4, 0.5) is 5.69 Å². The molecule has 0 radical (unpaired) electrons. The zero-order valence-corrected chi connectivity index (χ0v) is 9.69. The predicted molar refractivity (Wildman–Crippen MR) is 65.2 cm³/mol. The number of aliphatic carboxylic acids is 1. The molecule has 5 heteroatoms. The van der Waals surface area contributed by atoms with E-state index in [9.17, 15) is 9.59 Å².